The van der Waals surface area contributed by atoms with Gasteiger partial charge in [0.2, 0.25) is 0 Å². The lowest BCUT2D eigenvalue weighted by molar-refractivity contribution is 0.0703. The minimum Gasteiger partial charge on any atom is -0.477 e. The molecule has 1 aromatic carbocycles. The minimum atomic E-state index is -1.15. The number of imide groups is 1. The Morgan fingerprint density at radius 3 is 2.57 bits per heavy atom. The van der Waals surface area contributed by atoms with Crippen LogP contribution in [0.1, 0.15) is 36.0 Å². The number of benzene rings is 1. The summed E-state index contributed by atoms with van der Waals surface area (Å²) >= 11 is 4.26. The van der Waals surface area contributed by atoms with Crippen LogP contribution in [-0.4, -0.2) is 22.9 Å². The van der Waals surface area contributed by atoms with Crippen LogP contribution in [0.4, 0.5) is 5.69 Å². The summed E-state index contributed by atoms with van der Waals surface area (Å²) in [5.74, 6) is -2.15. The van der Waals surface area contributed by atoms with Crippen molar-refractivity contribution in [2.75, 3.05) is 4.90 Å². The lowest BCUT2D eigenvalue weighted by Crippen LogP contribution is -2.30. The molecule has 0 unspecified atom stereocenters. The zero-order valence-corrected chi connectivity index (χ0v) is 13.1. The fraction of sp³-hybridized carbons (Fsp3) is 0.0714. The number of halogens is 1. The summed E-state index contributed by atoms with van der Waals surface area (Å²) in [4.78, 5) is 37.1. The van der Waals surface area contributed by atoms with Crippen LogP contribution in [0.3, 0.4) is 0 Å². The molecule has 0 saturated carbocycles. The van der Waals surface area contributed by atoms with Crippen molar-refractivity contribution >= 4 is 50.7 Å². The summed E-state index contributed by atoms with van der Waals surface area (Å²) < 4.78 is 0.685. The molecule has 0 radical (unpaired) electrons. The Bertz CT molecular complexity index is 811. The third-order valence-electron chi connectivity index (χ3n) is 3.21. The molecular weight excluding hydrogens is 358 g/mol. The first kappa shape index (κ1) is 14.0. The van der Waals surface area contributed by atoms with Gasteiger partial charge in [-0.1, -0.05) is 15.9 Å². The highest BCUT2D eigenvalue weighted by Crippen LogP contribution is 2.37. The highest BCUT2D eigenvalue weighted by Gasteiger charge is 2.39. The molecule has 3 rings (SSSR count). The van der Waals surface area contributed by atoms with Gasteiger partial charge in [0.15, 0.2) is 0 Å². The van der Waals surface area contributed by atoms with Crippen LogP contribution < -0.4 is 4.90 Å². The van der Waals surface area contributed by atoms with Crippen LogP contribution in [0.5, 0.6) is 0 Å². The molecule has 0 bridgehead atoms. The van der Waals surface area contributed by atoms with Crippen molar-refractivity contribution in [1.29, 1.82) is 0 Å². The van der Waals surface area contributed by atoms with Gasteiger partial charge in [0.25, 0.3) is 11.8 Å². The molecule has 0 atom stereocenters. The molecule has 2 aromatic rings. The highest BCUT2D eigenvalue weighted by atomic mass is 79.9. The predicted molar refractivity (Wildman–Crippen MR) is 81.3 cm³/mol. The van der Waals surface area contributed by atoms with Crippen molar-refractivity contribution in [2.24, 2.45) is 0 Å². The van der Waals surface area contributed by atoms with Crippen molar-refractivity contribution in [3.63, 3.8) is 0 Å². The fourth-order valence-electron chi connectivity index (χ4n) is 2.28. The lowest BCUT2D eigenvalue weighted by atomic mass is 10.1. The van der Waals surface area contributed by atoms with E-state index in [-0.39, 0.29) is 21.7 Å². The lowest BCUT2D eigenvalue weighted by Gasteiger charge is -2.14. The number of hydrogen-bond donors (Lipinski definition) is 1. The summed E-state index contributed by atoms with van der Waals surface area (Å²) in [6.45, 7) is 1.68. The molecule has 106 valence electrons. The van der Waals surface area contributed by atoms with E-state index in [0.717, 1.165) is 16.2 Å². The van der Waals surface area contributed by atoms with Gasteiger partial charge >= 0.3 is 5.97 Å². The summed E-state index contributed by atoms with van der Waals surface area (Å²) in [5.41, 5.74) is 1.31. The molecule has 7 heteroatoms. The van der Waals surface area contributed by atoms with Gasteiger partial charge in [-0.05, 0) is 36.1 Å². The maximum atomic E-state index is 12.5. The standard InChI is InChI=1S/C14H8BrNO4S/c1-6-5-21-11(14(19)20)10(6)16-12(17)8-3-2-7(15)4-9(8)13(16)18/h2-5H,1H3,(H,19,20). The van der Waals surface area contributed by atoms with E-state index in [4.69, 9.17) is 0 Å². The fourth-order valence-corrected chi connectivity index (χ4v) is 3.52. The molecule has 0 aliphatic carbocycles. The molecule has 1 aliphatic rings. The molecule has 0 fully saturated rings. The van der Waals surface area contributed by atoms with Gasteiger partial charge in [0, 0.05) is 4.47 Å². The molecule has 21 heavy (non-hydrogen) atoms. The van der Waals surface area contributed by atoms with E-state index < -0.39 is 17.8 Å². The third-order valence-corrected chi connectivity index (χ3v) is 4.78. The maximum absolute atomic E-state index is 12.5. The number of rotatable bonds is 2. The number of carboxylic acids is 1. The second-order valence-electron chi connectivity index (χ2n) is 4.54. The number of hydrogen-bond acceptors (Lipinski definition) is 4. The highest BCUT2D eigenvalue weighted by molar-refractivity contribution is 9.10. The number of nitrogens with zero attached hydrogens (tertiary/aromatic N) is 1. The van der Waals surface area contributed by atoms with Crippen LogP contribution in [0.2, 0.25) is 0 Å². The molecular formula is C14H8BrNO4S. The molecule has 1 aliphatic heterocycles. The molecule has 2 amide bonds. The largest absolute Gasteiger partial charge is 0.477 e. The number of carbonyl (C=O) groups excluding carboxylic acids is 2. The number of fused-ring (bicyclic) bond motifs is 1. The molecule has 1 N–H and O–H groups in total. The van der Waals surface area contributed by atoms with Crippen molar-refractivity contribution in [3.8, 4) is 0 Å². The van der Waals surface area contributed by atoms with Gasteiger partial charge < -0.3 is 5.11 Å². The van der Waals surface area contributed by atoms with Gasteiger partial charge in [-0.25, -0.2) is 9.69 Å². The number of anilines is 1. The Morgan fingerprint density at radius 2 is 1.90 bits per heavy atom. The summed E-state index contributed by atoms with van der Waals surface area (Å²) in [5, 5.41) is 10.8. The number of thiophene rings is 1. The van der Waals surface area contributed by atoms with Gasteiger partial charge in [-0.15, -0.1) is 11.3 Å². The Balaban J connectivity index is 2.19. The summed E-state index contributed by atoms with van der Waals surface area (Å²) in [6, 6.07) is 4.80. The number of carboxylic acid groups (broad SMARTS) is 1. The van der Waals surface area contributed by atoms with E-state index in [0.29, 0.717) is 10.0 Å². The first-order valence-electron chi connectivity index (χ1n) is 5.91. The average Bonchev–Trinajstić information content (AvgIpc) is 2.90. The Labute approximate surface area is 131 Å². The molecule has 0 spiro atoms. The smallest absolute Gasteiger partial charge is 0.348 e. The molecule has 5 nitrogen and oxygen atoms in total. The number of aromatic carboxylic acids is 1. The first-order valence-corrected chi connectivity index (χ1v) is 7.58. The second-order valence-corrected chi connectivity index (χ2v) is 6.33. The van der Waals surface area contributed by atoms with E-state index >= 15 is 0 Å². The quantitative estimate of drug-likeness (QED) is 0.828. The van der Waals surface area contributed by atoms with Crippen LogP contribution in [-0.2, 0) is 0 Å². The van der Waals surface area contributed by atoms with Crippen LogP contribution >= 0.6 is 27.3 Å². The van der Waals surface area contributed by atoms with Crippen molar-refractivity contribution in [2.45, 2.75) is 6.92 Å². The van der Waals surface area contributed by atoms with E-state index in [2.05, 4.69) is 15.9 Å². The van der Waals surface area contributed by atoms with Crippen LogP contribution in [0, 0.1) is 6.92 Å². The molecule has 2 heterocycles. The Morgan fingerprint density at radius 1 is 1.24 bits per heavy atom. The number of aryl methyl sites for hydroxylation is 1. The monoisotopic (exact) mass is 365 g/mol. The molecule has 0 saturated heterocycles. The average molecular weight is 366 g/mol. The summed E-state index contributed by atoms with van der Waals surface area (Å²) in [7, 11) is 0. The van der Waals surface area contributed by atoms with E-state index in [1.807, 2.05) is 0 Å². The van der Waals surface area contributed by atoms with Gasteiger partial charge in [-0.2, -0.15) is 0 Å². The number of carbonyl (C=O) groups is 3. The summed E-state index contributed by atoms with van der Waals surface area (Å²) in [6.07, 6.45) is 0. The first-order chi connectivity index (χ1) is 9.91. The number of amides is 2. The van der Waals surface area contributed by atoms with Gasteiger partial charge in [0.1, 0.15) is 4.88 Å². The minimum absolute atomic E-state index is 0.0129. The predicted octanol–water partition coefficient (Wildman–Crippen LogP) is 3.32. The SMILES string of the molecule is Cc1csc(C(=O)O)c1N1C(=O)c2ccc(Br)cc2C1=O. The van der Waals surface area contributed by atoms with Crippen molar-refractivity contribution in [3.05, 3.63) is 49.6 Å². The van der Waals surface area contributed by atoms with Gasteiger partial charge in [-0.3, -0.25) is 9.59 Å². The Hall–Kier alpha value is -1.99. The van der Waals surface area contributed by atoms with E-state index in [1.54, 1.807) is 30.5 Å². The van der Waals surface area contributed by atoms with Crippen molar-refractivity contribution < 1.29 is 19.5 Å². The van der Waals surface area contributed by atoms with Crippen LogP contribution in [0.25, 0.3) is 0 Å². The Kier molecular flexibility index (Phi) is 3.18. The molecule has 1 aromatic heterocycles. The van der Waals surface area contributed by atoms with Crippen molar-refractivity contribution in [1.82, 2.24) is 0 Å². The zero-order chi connectivity index (χ0) is 15.3. The third kappa shape index (κ3) is 2.00. The van der Waals surface area contributed by atoms with Gasteiger partial charge in [0.05, 0.1) is 16.8 Å². The van der Waals surface area contributed by atoms with E-state index in [1.165, 1.54) is 0 Å². The zero-order valence-electron chi connectivity index (χ0n) is 10.7. The van der Waals surface area contributed by atoms with Crippen LogP contribution in [0.15, 0.2) is 28.1 Å². The normalized spacial score (nSPS) is 13.7. The maximum Gasteiger partial charge on any atom is 0.348 e. The van der Waals surface area contributed by atoms with E-state index in [9.17, 15) is 19.5 Å². The second kappa shape index (κ2) is 4.78. The topological polar surface area (TPSA) is 74.7 Å².